The molecule has 3 aliphatic heterocycles. The summed E-state index contributed by atoms with van der Waals surface area (Å²) >= 11 is 0. The summed E-state index contributed by atoms with van der Waals surface area (Å²) in [5.74, 6) is 0.771. The molecule has 0 radical (unpaired) electrons. The van der Waals surface area contributed by atoms with E-state index in [-0.39, 0.29) is 0 Å². The van der Waals surface area contributed by atoms with E-state index in [4.69, 9.17) is 23.7 Å². The molecule has 7 atom stereocenters. The van der Waals surface area contributed by atoms with Gasteiger partial charge in [0.25, 0.3) is 6.48 Å². The molecule has 7 heteroatoms. The lowest BCUT2D eigenvalue weighted by Gasteiger charge is -2.56. The van der Waals surface area contributed by atoms with Gasteiger partial charge in [-0.3, -0.25) is 0 Å². The minimum absolute atomic E-state index is 0.323. The maximum absolute atomic E-state index is 10.2. The molecular formula is C15H18O7. The quantitative estimate of drug-likeness (QED) is 0.795. The van der Waals surface area contributed by atoms with Crippen LogP contribution in [0.5, 0.6) is 5.75 Å². The van der Waals surface area contributed by atoms with E-state index in [9.17, 15) is 10.2 Å². The van der Waals surface area contributed by atoms with Crippen LogP contribution in [-0.2, 0) is 25.6 Å². The Labute approximate surface area is 127 Å². The normalized spacial score (nSPS) is 42.6. The minimum Gasteiger partial charge on any atom is -0.497 e. The fourth-order valence-corrected chi connectivity index (χ4v) is 3.21. The summed E-state index contributed by atoms with van der Waals surface area (Å²) in [6, 6.07) is 7.49. The van der Waals surface area contributed by atoms with Crippen molar-refractivity contribution in [3.8, 4) is 5.75 Å². The Balaban J connectivity index is 1.46. The molecule has 4 aliphatic rings. The lowest BCUT2D eigenvalue weighted by Crippen LogP contribution is -2.75. The van der Waals surface area contributed by atoms with Crippen molar-refractivity contribution in [2.45, 2.75) is 49.7 Å². The molecule has 3 saturated heterocycles. The number of hydrogen-bond donors (Lipinski definition) is 2. The summed E-state index contributed by atoms with van der Waals surface area (Å²) < 4.78 is 27.2. The largest absolute Gasteiger partial charge is 0.497 e. The van der Waals surface area contributed by atoms with Gasteiger partial charge < -0.3 is 33.9 Å². The Morgan fingerprint density at radius 2 is 1.55 bits per heavy atom. The molecule has 120 valence electrons. The van der Waals surface area contributed by atoms with Crippen LogP contribution in [0.2, 0.25) is 0 Å². The zero-order valence-electron chi connectivity index (χ0n) is 12.0. The number of aliphatic hydroxyl groups excluding tert-OH is 2. The van der Waals surface area contributed by atoms with E-state index < -0.39 is 43.1 Å². The predicted molar refractivity (Wildman–Crippen MR) is 72.0 cm³/mol. The molecular weight excluding hydrogens is 292 g/mol. The van der Waals surface area contributed by atoms with Gasteiger partial charge in [0.05, 0.1) is 13.7 Å². The van der Waals surface area contributed by atoms with Gasteiger partial charge in [-0.05, 0) is 17.7 Å². The predicted octanol–water partition coefficient (Wildman–Crippen LogP) is -0.218. The van der Waals surface area contributed by atoms with E-state index in [0.29, 0.717) is 6.61 Å². The van der Waals surface area contributed by atoms with Crippen molar-refractivity contribution in [3.63, 3.8) is 0 Å². The van der Waals surface area contributed by atoms with Crippen molar-refractivity contribution in [3.05, 3.63) is 29.8 Å². The zero-order chi connectivity index (χ0) is 15.3. The van der Waals surface area contributed by atoms with Crippen LogP contribution in [0.4, 0.5) is 0 Å². The highest BCUT2D eigenvalue weighted by atomic mass is 16.9. The SMILES string of the molecule is COc1ccc(COC2[C@H]3OC4OC([C@H]3O)[C@@H](O)[C@H]2O4)cc1. The van der Waals surface area contributed by atoms with Crippen molar-refractivity contribution in [1.29, 1.82) is 0 Å². The molecule has 5 rings (SSSR count). The molecule has 4 bridgehead atoms. The Hall–Kier alpha value is -1.22. The molecule has 7 nitrogen and oxygen atoms in total. The second kappa shape index (κ2) is 5.45. The highest BCUT2D eigenvalue weighted by Gasteiger charge is 2.61. The summed E-state index contributed by atoms with van der Waals surface area (Å²) in [6.07, 6.45) is -4.17. The molecule has 3 heterocycles. The molecule has 2 N–H and O–H groups in total. The van der Waals surface area contributed by atoms with Gasteiger partial charge in [0.2, 0.25) is 0 Å². The van der Waals surface area contributed by atoms with E-state index in [2.05, 4.69) is 0 Å². The van der Waals surface area contributed by atoms with Crippen LogP contribution in [0.25, 0.3) is 0 Å². The van der Waals surface area contributed by atoms with Crippen molar-refractivity contribution in [1.82, 2.24) is 0 Å². The van der Waals surface area contributed by atoms with E-state index in [1.807, 2.05) is 24.3 Å². The van der Waals surface area contributed by atoms with Gasteiger partial charge in [0.15, 0.2) is 0 Å². The highest BCUT2D eigenvalue weighted by Crippen LogP contribution is 2.41. The van der Waals surface area contributed by atoms with Gasteiger partial charge in [-0.2, -0.15) is 0 Å². The van der Waals surface area contributed by atoms with Crippen LogP contribution in [0.15, 0.2) is 24.3 Å². The topological polar surface area (TPSA) is 86.6 Å². The summed E-state index contributed by atoms with van der Waals surface area (Å²) in [7, 11) is 1.61. The van der Waals surface area contributed by atoms with Crippen LogP contribution in [-0.4, -0.2) is 60.4 Å². The second-order valence-corrected chi connectivity index (χ2v) is 5.70. The number of methoxy groups -OCH3 is 1. The third-order valence-electron chi connectivity index (χ3n) is 4.40. The molecule has 0 amide bonds. The molecule has 22 heavy (non-hydrogen) atoms. The average molecular weight is 310 g/mol. The molecule has 4 fully saturated rings. The summed E-state index contributed by atoms with van der Waals surface area (Å²) in [5, 5.41) is 20.3. The Kier molecular flexibility index (Phi) is 3.56. The fraction of sp³-hybridized carbons (Fsp3) is 0.600. The van der Waals surface area contributed by atoms with E-state index in [1.54, 1.807) is 7.11 Å². The maximum Gasteiger partial charge on any atom is 0.272 e. The maximum atomic E-state index is 10.2. The van der Waals surface area contributed by atoms with Gasteiger partial charge in [0, 0.05) is 0 Å². The number of ether oxygens (including phenoxy) is 5. The molecule has 1 saturated carbocycles. The molecule has 3 unspecified atom stereocenters. The van der Waals surface area contributed by atoms with E-state index in [0.717, 1.165) is 11.3 Å². The van der Waals surface area contributed by atoms with Crippen LogP contribution in [0.3, 0.4) is 0 Å². The molecule has 0 spiro atoms. The monoisotopic (exact) mass is 310 g/mol. The smallest absolute Gasteiger partial charge is 0.272 e. The molecule has 0 aromatic heterocycles. The van der Waals surface area contributed by atoms with Gasteiger partial charge in [0.1, 0.15) is 42.4 Å². The van der Waals surface area contributed by atoms with Gasteiger partial charge in [-0.15, -0.1) is 0 Å². The van der Waals surface area contributed by atoms with Gasteiger partial charge in [-0.25, -0.2) is 0 Å². The lowest BCUT2D eigenvalue weighted by atomic mass is 9.82. The molecule has 1 aromatic rings. The summed E-state index contributed by atoms with van der Waals surface area (Å²) in [4.78, 5) is 0. The first-order valence-corrected chi connectivity index (χ1v) is 7.24. The van der Waals surface area contributed by atoms with Crippen molar-refractivity contribution >= 4 is 0 Å². The number of hydrogen-bond acceptors (Lipinski definition) is 7. The highest BCUT2D eigenvalue weighted by molar-refractivity contribution is 5.26. The Morgan fingerprint density at radius 3 is 2.14 bits per heavy atom. The first-order chi connectivity index (χ1) is 10.7. The number of benzene rings is 1. The van der Waals surface area contributed by atoms with Crippen LogP contribution in [0, 0.1) is 0 Å². The zero-order valence-corrected chi connectivity index (χ0v) is 12.0. The van der Waals surface area contributed by atoms with E-state index >= 15 is 0 Å². The third-order valence-corrected chi connectivity index (χ3v) is 4.40. The Bertz CT molecular complexity index is 513. The van der Waals surface area contributed by atoms with Crippen molar-refractivity contribution in [2.24, 2.45) is 0 Å². The van der Waals surface area contributed by atoms with Crippen LogP contribution >= 0.6 is 0 Å². The van der Waals surface area contributed by atoms with Crippen molar-refractivity contribution < 1.29 is 33.9 Å². The molecule has 1 aromatic carbocycles. The first kappa shape index (κ1) is 14.4. The summed E-state index contributed by atoms with van der Waals surface area (Å²) in [6.45, 7) is -0.503. The lowest BCUT2D eigenvalue weighted by molar-refractivity contribution is -0.484. The molecule has 1 aliphatic carbocycles. The minimum atomic E-state index is -0.924. The van der Waals surface area contributed by atoms with Gasteiger partial charge >= 0.3 is 0 Å². The standard InChI is InChI=1S/C15H18O7/c1-18-8-4-2-7(3-5-8)6-19-14-12-9(16)11-10(17)13(14)22-15(20-11)21-12/h2-5,9-17H,6H2,1H3/t9-,10-,11?,12-,13+,14?,15?/m1/s1. The third kappa shape index (κ3) is 2.21. The van der Waals surface area contributed by atoms with Crippen LogP contribution < -0.4 is 4.74 Å². The second-order valence-electron chi connectivity index (χ2n) is 5.70. The number of aliphatic hydroxyl groups is 2. The summed E-state index contributed by atoms with van der Waals surface area (Å²) in [5.41, 5.74) is 0.954. The average Bonchev–Trinajstić information content (AvgIpc) is 2.55. The van der Waals surface area contributed by atoms with Crippen molar-refractivity contribution in [2.75, 3.05) is 7.11 Å². The van der Waals surface area contributed by atoms with E-state index in [1.165, 1.54) is 0 Å². The van der Waals surface area contributed by atoms with Crippen LogP contribution in [0.1, 0.15) is 5.56 Å². The fourth-order valence-electron chi connectivity index (χ4n) is 3.21. The first-order valence-electron chi connectivity index (χ1n) is 7.24. The number of rotatable bonds is 4. The Morgan fingerprint density at radius 1 is 0.955 bits per heavy atom. The van der Waals surface area contributed by atoms with Gasteiger partial charge in [-0.1, -0.05) is 12.1 Å².